The Morgan fingerprint density at radius 3 is 2.57 bits per heavy atom. The van der Waals surface area contributed by atoms with Crippen molar-refractivity contribution in [2.24, 2.45) is 0 Å². The molecule has 0 aliphatic heterocycles. The van der Waals surface area contributed by atoms with E-state index in [1.54, 1.807) is 0 Å². The molecule has 0 saturated heterocycles. The summed E-state index contributed by atoms with van der Waals surface area (Å²) in [5.74, 6) is 0. The number of halogens is 1. The van der Waals surface area contributed by atoms with Crippen LogP contribution >= 0.6 is 11.6 Å². The molecule has 1 aromatic rings. The Labute approximate surface area is 128 Å². The highest BCUT2D eigenvalue weighted by molar-refractivity contribution is 7.89. The number of rotatable bonds is 8. The zero-order chi connectivity index (χ0) is 16.0. The highest BCUT2D eigenvalue weighted by Crippen LogP contribution is 2.28. The van der Waals surface area contributed by atoms with Crippen LogP contribution in [0.2, 0.25) is 5.02 Å². The number of hydrogen-bond acceptors (Lipinski definition) is 5. The number of hydrogen-bond donors (Lipinski definition) is 1. The van der Waals surface area contributed by atoms with Crippen molar-refractivity contribution in [2.75, 3.05) is 19.7 Å². The molecule has 0 aromatic heterocycles. The third kappa shape index (κ3) is 4.37. The van der Waals surface area contributed by atoms with E-state index in [9.17, 15) is 18.5 Å². The Hall–Kier alpha value is -1.22. The Morgan fingerprint density at radius 2 is 2.05 bits per heavy atom. The van der Waals surface area contributed by atoms with Gasteiger partial charge in [-0.15, -0.1) is 0 Å². The summed E-state index contributed by atoms with van der Waals surface area (Å²) in [4.78, 5) is 9.90. The van der Waals surface area contributed by atoms with E-state index in [1.165, 1.54) is 12.1 Å². The van der Waals surface area contributed by atoms with Crippen LogP contribution in [0.3, 0.4) is 0 Å². The van der Waals surface area contributed by atoms with Gasteiger partial charge in [0, 0.05) is 19.2 Å². The molecule has 0 aliphatic rings. The molecule has 0 amide bonds. The van der Waals surface area contributed by atoms with E-state index < -0.39 is 20.6 Å². The van der Waals surface area contributed by atoms with Gasteiger partial charge in [-0.05, 0) is 18.6 Å². The summed E-state index contributed by atoms with van der Waals surface area (Å²) in [5.41, 5.74) is -0.461. The first kappa shape index (κ1) is 17.8. The van der Waals surface area contributed by atoms with Crippen molar-refractivity contribution in [2.45, 2.75) is 24.7 Å². The highest BCUT2D eigenvalue weighted by atomic mass is 35.5. The third-order valence-electron chi connectivity index (χ3n) is 2.86. The van der Waals surface area contributed by atoms with E-state index in [1.807, 2.05) is 6.92 Å². The molecule has 9 heteroatoms. The summed E-state index contributed by atoms with van der Waals surface area (Å²) in [7, 11) is -3.90. The van der Waals surface area contributed by atoms with Crippen molar-refractivity contribution in [1.29, 1.82) is 0 Å². The summed E-state index contributed by atoms with van der Waals surface area (Å²) in [6.07, 6.45) is 1.42. The molecular formula is C12H17ClN2O5S. The minimum atomic E-state index is -3.90. The number of sulfonamides is 1. The van der Waals surface area contributed by atoms with Crippen LogP contribution in [0.25, 0.3) is 0 Å². The first-order valence-electron chi connectivity index (χ1n) is 6.39. The van der Waals surface area contributed by atoms with Crippen molar-refractivity contribution in [1.82, 2.24) is 4.31 Å². The van der Waals surface area contributed by atoms with E-state index >= 15 is 0 Å². The fourth-order valence-corrected chi connectivity index (χ4v) is 3.42. The molecule has 1 aromatic carbocycles. The van der Waals surface area contributed by atoms with Crippen LogP contribution < -0.4 is 0 Å². The first-order chi connectivity index (χ1) is 9.84. The number of nitrogens with zero attached hydrogens (tertiary/aromatic N) is 2. The number of aliphatic hydroxyl groups is 1. The van der Waals surface area contributed by atoms with Crippen molar-refractivity contribution in [3.63, 3.8) is 0 Å². The van der Waals surface area contributed by atoms with Crippen molar-refractivity contribution in [3.05, 3.63) is 33.3 Å². The molecule has 0 spiro atoms. The maximum Gasteiger partial charge on any atom is 0.289 e. The number of nitro groups is 1. The summed E-state index contributed by atoms with van der Waals surface area (Å²) in [6, 6.07) is 3.35. The molecule has 21 heavy (non-hydrogen) atoms. The van der Waals surface area contributed by atoms with Crippen LogP contribution in [-0.2, 0) is 10.0 Å². The fourth-order valence-electron chi connectivity index (χ4n) is 1.74. The lowest BCUT2D eigenvalue weighted by Crippen LogP contribution is -2.34. The van der Waals surface area contributed by atoms with Gasteiger partial charge in [-0.1, -0.05) is 24.9 Å². The normalized spacial score (nSPS) is 11.8. The molecule has 1 N–H and O–H groups in total. The van der Waals surface area contributed by atoms with Crippen molar-refractivity contribution < 1.29 is 18.4 Å². The van der Waals surface area contributed by atoms with E-state index in [2.05, 4.69) is 0 Å². The van der Waals surface area contributed by atoms with Gasteiger partial charge in [0.15, 0.2) is 0 Å². The largest absolute Gasteiger partial charge is 0.395 e. The van der Waals surface area contributed by atoms with Crippen molar-refractivity contribution in [3.8, 4) is 0 Å². The quantitative estimate of drug-likeness (QED) is 0.578. The van der Waals surface area contributed by atoms with Crippen molar-refractivity contribution >= 4 is 27.3 Å². The topological polar surface area (TPSA) is 101 Å². The highest BCUT2D eigenvalue weighted by Gasteiger charge is 2.26. The van der Waals surface area contributed by atoms with Gasteiger partial charge >= 0.3 is 0 Å². The number of benzene rings is 1. The van der Waals surface area contributed by atoms with Crippen LogP contribution in [0.1, 0.15) is 19.8 Å². The maximum atomic E-state index is 12.5. The molecule has 0 heterocycles. The summed E-state index contributed by atoms with van der Waals surface area (Å²) in [6.45, 7) is 1.78. The fraction of sp³-hybridized carbons (Fsp3) is 0.500. The van der Waals surface area contributed by atoms with E-state index in [0.29, 0.717) is 6.42 Å². The second-order valence-electron chi connectivity index (χ2n) is 4.35. The first-order valence-corrected chi connectivity index (χ1v) is 8.21. The zero-order valence-electron chi connectivity index (χ0n) is 11.5. The summed E-state index contributed by atoms with van der Waals surface area (Å²) in [5, 5.41) is 19.7. The smallest absolute Gasteiger partial charge is 0.289 e. The monoisotopic (exact) mass is 336 g/mol. The lowest BCUT2D eigenvalue weighted by Gasteiger charge is -2.21. The molecule has 0 aliphatic carbocycles. The molecule has 0 saturated carbocycles. The molecule has 0 unspecified atom stereocenters. The van der Waals surface area contributed by atoms with Gasteiger partial charge < -0.3 is 5.11 Å². The number of nitro benzene ring substituents is 1. The molecule has 0 bridgehead atoms. The lowest BCUT2D eigenvalue weighted by atomic mass is 10.3. The average molecular weight is 337 g/mol. The van der Waals surface area contributed by atoms with Gasteiger partial charge in [0.25, 0.3) is 5.69 Å². The van der Waals surface area contributed by atoms with E-state index in [0.717, 1.165) is 16.8 Å². The Balaban J connectivity index is 3.21. The van der Waals surface area contributed by atoms with Crippen LogP contribution in [0.5, 0.6) is 0 Å². The van der Waals surface area contributed by atoms with Crippen LogP contribution in [-0.4, -0.2) is 42.4 Å². The van der Waals surface area contributed by atoms with Gasteiger partial charge in [0.2, 0.25) is 10.0 Å². The number of unbranched alkanes of at least 4 members (excludes halogenated alkanes) is 1. The Kier molecular flexibility index (Phi) is 6.53. The van der Waals surface area contributed by atoms with Crippen LogP contribution in [0.15, 0.2) is 23.1 Å². The predicted octanol–water partition coefficient (Wildman–Crippen LogP) is 2.03. The molecule has 7 nitrogen and oxygen atoms in total. The minimum absolute atomic E-state index is 0.0568. The minimum Gasteiger partial charge on any atom is -0.395 e. The summed E-state index contributed by atoms with van der Waals surface area (Å²) >= 11 is 5.68. The van der Waals surface area contributed by atoms with E-state index in [-0.39, 0.29) is 29.6 Å². The number of aliphatic hydroxyl groups excluding tert-OH is 1. The zero-order valence-corrected chi connectivity index (χ0v) is 13.1. The molecular weight excluding hydrogens is 320 g/mol. The Morgan fingerprint density at radius 1 is 1.38 bits per heavy atom. The second kappa shape index (κ2) is 7.69. The van der Waals surface area contributed by atoms with Gasteiger partial charge in [0.05, 0.1) is 16.4 Å². The van der Waals surface area contributed by atoms with Gasteiger partial charge in [0.1, 0.15) is 5.02 Å². The molecule has 0 fully saturated rings. The second-order valence-corrected chi connectivity index (χ2v) is 6.70. The van der Waals surface area contributed by atoms with E-state index in [4.69, 9.17) is 16.7 Å². The maximum absolute atomic E-state index is 12.5. The predicted molar refractivity (Wildman–Crippen MR) is 78.9 cm³/mol. The molecule has 1 rings (SSSR count). The lowest BCUT2D eigenvalue weighted by molar-refractivity contribution is -0.384. The SMILES string of the molecule is CCCCN(CCO)S(=O)(=O)c1ccc(Cl)c([N+](=O)[O-])c1. The average Bonchev–Trinajstić information content (AvgIpc) is 2.43. The molecule has 0 atom stereocenters. The molecule has 0 radical (unpaired) electrons. The van der Waals surface area contributed by atoms with Gasteiger partial charge in [-0.25, -0.2) is 8.42 Å². The molecule has 118 valence electrons. The summed E-state index contributed by atoms with van der Waals surface area (Å²) < 4.78 is 26.0. The third-order valence-corrected chi connectivity index (χ3v) is 5.08. The van der Waals surface area contributed by atoms with Gasteiger partial charge in [-0.3, -0.25) is 10.1 Å². The van der Waals surface area contributed by atoms with Crippen LogP contribution in [0.4, 0.5) is 5.69 Å². The van der Waals surface area contributed by atoms with Crippen LogP contribution in [0, 0.1) is 10.1 Å². The Bertz CT molecular complexity index is 606. The van der Waals surface area contributed by atoms with Gasteiger partial charge in [-0.2, -0.15) is 4.31 Å². The standard InChI is InChI=1S/C12H17ClN2O5S/c1-2-3-6-14(7-8-16)21(19,20)10-4-5-11(13)12(9-10)15(17)18/h4-5,9,16H,2-3,6-8H2,1H3.